The Morgan fingerprint density at radius 2 is 2.05 bits per heavy atom. The smallest absolute Gasteiger partial charge is 0.268 e. The number of ether oxygens (including phenoxy) is 1. The Morgan fingerprint density at radius 1 is 1.30 bits per heavy atom. The second-order valence-corrected chi connectivity index (χ2v) is 5.47. The van der Waals surface area contributed by atoms with Gasteiger partial charge in [-0.2, -0.15) is 0 Å². The average Bonchev–Trinajstić information content (AvgIpc) is 3.06. The highest BCUT2D eigenvalue weighted by Gasteiger charge is 2.20. The fourth-order valence-electron chi connectivity index (χ4n) is 3.00. The topological polar surface area (TPSA) is 43.3 Å². The van der Waals surface area contributed by atoms with Gasteiger partial charge in [0, 0.05) is 24.0 Å². The molecule has 1 aromatic carbocycles. The largest absolute Gasteiger partial charge is 0.497 e. The number of carbonyl (C=O) groups is 1. The number of nitrogens with one attached hydrogen (secondary N) is 1. The van der Waals surface area contributed by atoms with E-state index in [1.807, 2.05) is 35.9 Å². The van der Waals surface area contributed by atoms with Gasteiger partial charge in [0.15, 0.2) is 0 Å². The van der Waals surface area contributed by atoms with Crippen LogP contribution < -0.4 is 10.1 Å². The zero-order valence-corrected chi connectivity index (χ0v) is 12.0. The van der Waals surface area contributed by atoms with Crippen LogP contribution in [0.25, 0.3) is 10.9 Å². The van der Waals surface area contributed by atoms with Crippen LogP contribution in [0.3, 0.4) is 0 Å². The van der Waals surface area contributed by atoms with Crippen molar-refractivity contribution in [1.29, 1.82) is 0 Å². The Balaban J connectivity index is 1.90. The number of hydrogen-bond donors (Lipinski definition) is 1. The fourth-order valence-corrected chi connectivity index (χ4v) is 3.00. The van der Waals surface area contributed by atoms with E-state index >= 15 is 0 Å². The van der Waals surface area contributed by atoms with Gasteiger partial charge in [-0.3, -0.25) is 4.79 Å². The van der Waals surface area contributed by atoms with E-state index in [-0.39, 0.29) is 5.91 Å². The predicted octanol–water partition coefficient (Wildman–Crippen LogP) is 2.86. The third-order valence-corrected chi connectivity index (χ3v) is 4.17. The van der Waals surface area contributed by atoms with Gasteiger partial charge in [-0.15, -0.1) is 0 Å². The number of aryl methyl sites for hydroxylation is 1. The molecule has 4 nitrogen and oxygen atoms in total. The van der Waals surface area contributed by atoms with E-state index in [0.717, 1.165) is 29.5 Å². The molecule has 1 aliphatic carbocycles. The number of fused-ring (bicyclic) bond motifs is 1. The van der Waals surface area contributed by atoms with Crippen LogP contribution in [0.4, 0.5) is 0 Å². The number of rotatable bonds is 3. The van der Waals surface area contributed by atoms with Crippen LogP contribution in [-0.2, 0) is 7.05 Å². The molecule has 1 amide bonds. The molecule has 0 aliphatic heterocycles. The highest BCUT2D eigenvalue weighted by Crippen LogP contribution is 2.24. The lowest BCUT2D eigenvalue weighted by atomic mass is 10.2. The van der Waals surface area contributed by atoms with Crippen LogP contribution in [0.1, 0.15) is 36.2 Å². The molecule has 4 heteroatoms. The molecule has 0 unspecified atom stereocenters. The van der Waals surface area contributed by atoms with Gasteiger partial charge in [-0.05, 0) is 37.1 Å². The zero-order chi connectivity index (χ0) is 14.1. The Morgan fingerprint density at radius 3 is 2.75 bits per heavy atom. The molecule has 1 saturated carbocycles. The van der Waals surface area contributed by atoms with E-state index in [0.29, 0.717) is 11.7 Å². The molecule has 0 radical (unpaired) electrons. The molecule has 2 aromatic rings. The number of aromatic nitrogens is 1. The summed E-state index contributed by atoms with van der Waals surface area (Å²) in [6, 6.07) is 8.14. The molecule has 0 spiro atoms. The summed E-state index contributed by atoms with van der Waals surface area (Å²) in [6.45, 7) is 0. The summed E-state index contributed by atoms with van der Waals surface area (Å²) in [6.07, 6.45) is 4.64. The fraction of sp³-hybridized carbons (Fsp3) is 0.438. The summed E-state index contributed by atoms with van der Waals surface area (Å²) in [5.41, 5.74) is 1.75. The second kappa shape index (κ2) is 5.19. The number of hydrogen-bond acceptors (Lipinski definition) is 2. The predicted molar refractivity (Wildman–Crippen MR) is 79.2 cm³/mol. The summed E-state index contributed by atoms with van der Waals surface area (Å²) >= 11 is 0. The van der Waals surface area contributed by atoms with E-state index in [1.165, 1.54) is 12.8 Å². The monoisotopic (exact) mass is 272 g/mol. The van der Waals surface area contributed by atoms with E-state index in [9.17, 15) is 4.79 Å². The van der Waals surface area contributed by atoms with Gasteiger partial charge in [-0.25, -0.2) is 0 Å². The second-order valence-electron chi connectivity index (χ2n) is 5.47. The van der Waals surface area contributed by atoms with Crippen LogP contribution in [-0.4, -0.2) is 23.6 Å². The van der Waals surface area contributed by atoms with Crippen molar-refractivity contribution in [1.82, 2.24) is 9.88 Å². The normalized spacial score (nSPS) is 15.7. The minimum atomic E-state index is 0.0227. The summed E-state index contributed by atoms with van der Waals surface area (Å²) in [4.78, 5) is 12.4. The lowest BCUT2D eigenvalue weighted by Gasteiger charge is -2.12. The van der Waals surface area contributed by atoms with Crippen molar-refractivity contribution in [3.8, 4) is 5.75 Å². The molecule has 3 rings (SSSR count). The summed E-state index contributed by atoms with van der Waals surface area (Å²) in [7, 11) is 3.58. The first kappa shape index (κ1) is 13.0. The third-order valence-electron chi connectivity index (χ3n) is 4.17. The van der Waals surface area contributed by atoms with Gasteiger partial charge >= 0.3 is 0 Å². The summed E-state index contributed by atoms with van der Waals surface area (Å²) < 4.78 is 7.17. The molecule has 0 atom stereocenters. The van der Waals surface area contributed by atoms with Crippen LogP contribution >= 0.6 is 0 Å². The van der Waals surface area contributed by atoms with Gasteiger partial charge in [0.05, 0.1) is 7.11 Å². The number of carbonyl (C=O) groups excluding carboxylic acids is 1. The van der Waals surface area contributed by atoms with Gasteiger partial charge in [0.25, 0.3) is 5.91 Å². The highest BCUT2D eigenvalue weighted by molar-refractivity contribution is 5.99. The first-order valence-electron chi connectivity index (χ1n) is 7.13. The molecule has 1 fully saturated rings. The van der Waals surface area contributed by atoms with E-state index in [2.05, 4.69) is 5.32 Å². The standard InChI is InChI=1S/C16H20N2O2/c1-18-14-8-7-13(20-2)9-11(14)10-15(18)16(19)17-12-5-3-4-6-12/h7-10,12H,3-6H2,1-2H3,(H,17,19). The van der Waals surface area contributed by atoms with Crippen molar-refractivity contribution in [3.63, 3.8) is 0 Å². The molecular formula is C16H20N2O2. The summed E-state index contributed by atoms with van der Waals surface area (Å²) in [5, 5.41) is 4.17. The Hall–Kier alpha value is -1.97. The van der Waals surface area contributed by atoms with Crippen molar-refractivity contribution in [2.24, 2.45) is 7.05 Å². The minimum Gasteiger partial charge on any atom is -0.497 e. The maximum Gasteiger partial charge on any atom is 0.268 e. The van der Waals surface area contributed by atoms with Gasteiger partial charge < -0.3 is 14.6 Å². The van der Waals surface area contributed by atoms with E-state index in [1.54, 1.807) is 7.11 Å². The highest BCUT2D eigenvalue weighted by atomic mass is 16.5. The number of benzene rings is 1. The molecular weight excluding hydrogens is 252 g/mol. The first-order chi connectivity index (χ1) is 9.69. The Bertz CT molecular complexity index is 639. The molecule has 106 valence electrons. The van der Waals surface area contributed by atoms with Gasteiger partial charge in [-0.1, -0.05) is 12.8 Å². The average molecular weight is 272 g/mol. The lowest BCUT2D eigenvalue weighted by Crippen LogP contribution is -2.33. The third kappa shape index (κ3) is 2.26. The Kier molecular flexibility index (Phi) is 3.38. The SMILES string of the molecule is COc1ccc2c(c1)cc(C(=O)NC1CCCC1)n2C. The Labute approximate surface area is 118 Å². The zero-order valence-electron chi connectivity index (χ0n) is 12.0. The number of nitrogens with zero attached hydrogens (tertiary/aromatic N) is 1. The molecule has 20 heavy (non-hydrogen) atoms. The molecule has 1 aliphatic rings. The van der Waals surface area contributed by atoms with Crippen LogP contribution in [0.15, 0.2) is 24.3 Å². The van der Waals surface area contributed by atoms with Gasteiger partial charge in [0.1, 0.15) is 11.4 Å². The van der Waals surface area contributed by atoms with E-state index < -0.39 is 0 Å². The molecule has 1 N–H and O–H groups in total. The van der Waals surface area contributed by atoms with Crippen molar-refractivity contribution < 1.29 is 9.53 Å². The summed E-state index contributed by atoms with van der Waals surface area (Å²) in [5.74, 6) is 0.834. The van der Waals surface area contributed by atoms with Crippen molar-refractivity contribution in [3.05, 3.63) is 30.0 Å². The lowest BCUT2D eigenvalue weighted by molar-refractivity contribution is 0.0930. The quantitative estimate of drug-likeness (QED) is 0.933. The maximum atomic E-state index is 12.4. The first-order valence-corrected chi connectivity index (χ1v) is 7.13. The molecule has 1 heterocycles. The number of amides is 1. The van der Waals surface area contributed by atoms with Crippen molar-refractivity contribution in [2.75, 3.05) is 7.11 Å². The van der Waals surface area contributed by atoms with Crippen molar-refractivity contribution >= 4 is 16.8 Å². The molecule has 0 bridgehead atoms. The molecule has 0 saturated heterocycles. The van der Waals surface area contributed by atoms with Crippen LogP contribution in [0.5, 0.6) is 5.75 Å². The maximum absolute atomic E-state index is 12.4. The van der Waals surface area contributed by atoms with Gasteiger partial charge in [0.2, 0.25) is 0 Å². The molecule has 1 aromatic heterocycles. The minimum absolute atomic E-state index is 0.0227. The number of methoxy groups -OCH3 is 1. The van der Waals surface area contributed by atoms with Crippen LogP contribution in [0.2, 0.25) is 0 Å². The van der Waals surface area contributed by atoms with Crippen LogP contribution in [0, 0.1) is 0 Å². The van der Waals surface area contributed by atoms with Crippen molar-refractivity contribution in [2.45, 2.75) is 31.7 Å². The van der Waals surface area contributed by atoms with E-state index in [4.69, 9.17) is 4.74 Å².